The normalized spacial score (nSPS) is 11.9. The largest absolute Gasteiger partial charge is 0.431 e. The van der Waals surface area contributed by atoms with Gasteiger partial charge in [-0.1, -0.05) is 116 Å². The van der Waals surface area contributed by atoms with Gasteiger partial charge in [0.1, 0.15) is 34.5 Å². The summed E-state index contributed by atoms with van der Waals surface area (Å²) in [6, 6.07) is 51.6. The molecule has 0 unspecified atom stereocenters. The lowest BCUT2D eigenvalue weighted by molar-refractivity contribution is 0.318. The van der Waals surface area contributed by atoms with Crippen molar-refractivity contribution in [2.75, 3.05) is 18.5 Å². The van der Waals surface area contributed by atoms with Crippen molar-refractivity contribution in [1.29, 1.82) is 0 Å². The highest BCUT2D eigenvalue weighted by Crippen LogP contribution is 2.63. The lowest BCUT2D eigenvalue weighted by Crippen LogP contribution is -2.35. The van der Waals surface area contributed by atoms with Crippen molar-refractivity contribution in [3.05, 3.63) is 182 Å². The van der Waals surface area contributed by atoms with Crippen LogP contribution in [0.1, 0.15) is 6.92 Å². The second-order valence-corrected chi connectivity index (χ2v) is 18.3. The third-order valence-electron chi connectivity index (χ3n) is 7.65. The van der Waals surface area contributed by atoms with Gasteiger partial charge in [0, 0.05) is 5.41 Å². The van der Waals surface area contributed by atoms with Gasteiger partial charge in [-0.25, -0.2) is 13.7 Å². The van der Waals surface area contributed by atoms with E-state index in [1.807, 2.05) is 0 Å². The summed E-state index contributed by atoms with van der Waals surface area (Å²) in [5.74, 6) is 1.68. The molecule has 6 aromatic rings. The Kier molecular flexibility index (Phi) is 12.1. The number of para-hydroxylation sites is 6. The fourth-order valence-electron chi connectivity index (χ4n) is 5.65. The molecule has 0 aliphatic heterocycles. The van der Waals surface area contributed by atoms with Gasteiger partial charge in [-0.05, 0) is 72.8 Å². The third kappa shape index (κ3) is 11.4. The first-order chi connectivity index (χ1) is 25.6. The van der Waals surface area contributed by atoms with E-state index in [1.54, 1.807) is 189 Å². The molecule has 0 N–H and O–H groups in total. The van der Waals surface area contributed by atoms with Crippen LogP contribution in [-0.4, -0.2) is 18.5 Å². The molecule has 272 valence electrons. The minimum Gasteiger partial charge on any atom is -0.416 e. The van der Waals surface area contributed by atoms with Crippen LogP contribution in [0.4, 0.5) is 0 Å². The first-order valence-electron chi connectivity index (χ1n) is 16.8. The topological polar surface area (TPSA) is 107 Å². The Morgan fingerprint density at radius 2 is 0.472 bits per heavy atom. The van der Waals surface area contributed by atoms with E-state index < -0.39 is 46.7 Å². The maximum Gasteiger partial charge on any atom is 0.431 e. The van der Waals surface area contributed by atoms with Crippen LogP contribution in [0.2, 0.25) is 0 Å². The summed E-state index contributed by atoms with van der Waals surface area (Å²) < 4.78 is 82.7. The van der Waals surface area contributed by atoms with Gasteiger partial charge in [0.15, 0.2) is 0 Å². The smallest absolute Gasteiger partial charge is 0.416 e. The van der Waals surface area contributed by atoms with Gasteiger partial charge in [-0.3, -0.25) is 0 Å². The van der Waals surface area contributed by atoms with Crippen LogP contribution in [0, 0.1) is 5.41 Å². The molecule has 9 nitrogen and oxygen atoms in total. The molecule has 0 aliphatic rings. The van der Waals surface area contributed by atoms with E-state index in [-0.39, 0.29) is 34.5 Å². The second kappa shape index (κ2) is 17.1. The third-order valence-corrected chi connectivity index (χ3v) is 14.0. The Morgan fingerprint density at radius 3 is 0.623 bits per heavy atom. The minimum absolute atomic E-state index is 0.280. The van der Waals surface area contributed by atoms with Gasteiger partial charge in [0.25, 0.3) is 0 Å². The molecule has 12 heteroatoms. The summed E-state index contributed by atoms with van der Waals surface area (Å²) in [6.45, 7) is 1.67. The van der Waals surface area contributed by atoms with Crippen LogP contribution in [0.25, 0.3) is 0 Å². The average Bonchev–Trinajstić information content (AvgIpc) is 3.13. The second-order valence-electron chi connectivity index (χ2n) is 12.5. The SMILES string of the molecule is CC(CP(=O)(Oc1ccccc1)Oc1ccccc1)(CP(=O)(Oc1ccccc1)Oc1ccccc1)CP(=O)(Oc1ccccc1)Oc1ccccc1. The van der Waals surface area contributed by atoms with Crippen LogP contribution >= 0.6 is 22.8 Å². The molecular weight excluding hydrogens is 729 g/mol. The lowest BCUT2D eigenvalue weighted by Gasteiger charge is -2.36. The van der Waals surface area contributed by atoms with Gasteiger partial charge >= 0.3 is 22.8 Å². The Labute approximate surface area is 310 Å². The first kappa shape index (κ1) is 37.6. The highest BCUT2D eigenvalue weighted by molar-refractivity contribution is 7.57. The molecule has 0 saturated heterocycles. The van der Waals surface area contributed by atoms with Crippen molar-refractivity contribution in [3.63, 3.8) is 0 Å². The fraction of sp³-hybridized carbons (Fsp3) is 0.122. The molecule has 0 spiro atoms. The number of rotatable bonds is 18. The van der Waals surface area contributed by atoms with Gasteiger partial charge in [0.2, 0.25) is 0 Å². The number of benzene rings is 6. The highest BCUT2D eigenvalue weighted by atomic mass is 31.2. The molecule has 53 heavy (non-hydrogen) atoms. The Balaban J connectivity index is 1.46. The van der Waals surface area contributed by atoms with Gasteiger partial charge in [-0.15, -0.1) is 0 Å². The summed E-state index contributed by atoms with van der Waals surface area (Å²) in [4.78, 5) is 0. The van der Waals surface area contributed by atoms with Gasteiger partial charge in [-0.2, -0.15) is 0 Å². The molecule has 0 bridgehead atoms. The molecule has 0 aliphatic carbocycles. The summed E-state index contributed by atoms with van der Waals surface area (Å²) in [7, 11) is -12.8. The zero-order valence-corrected chi connectivity index (χ0v) is 31.6. The van der Waals surface area contributed by atoms with E-state index in [0.717, 1.165) is 0 Å². The molecule has 0 heterocycles. The van der Waals surface area contributed by atoms with E-state index in [9.17, 15) is 0 Å². The predicted molar refractivity (Wildman–Crippen MR) is 208 cm³/mol. The highest BCUT2D eigenvalue weighted by Gasteiger charge is 2.51. The van der Waals surface area contributed by atoms with E-state index in [1.165, 1.54) is 0 Å². The Morgan fingerprint density at radius 1 is 0.321 bits per heavy atom. The van der Waals surface area contributed by atoms with Crippen LogP contribution in [0.5, 0.6) is 34.5 Å². The van der Waals surface area contributed by atoms with E-state index >= 15 is 13.7 Å². The summed E-state index contributed by atoms with van der Waals surface area (Å²) in [5.41, 5.74) is -1.50. The van der Waals surface area contributed by atoms with E-state index in [0.29, 0.717) is 0 Å². The van der Waals surface area contributed by atoms with E-state index in [2.05, 4.69) is 0 Å². The predicted octanol–water partition coefficient (Wildman–Crippen LogP) is 12.0. The molecule has 0 aromatic heterocycles. The first-order valence-corrected chi connectivity index (χ1v) is 22.0. The standard InChI is InChI=1S/C41H39O9P3/c1-41(32-51(42,45-35-20-8-2-9-21-35)46-36-22-10-3-11-23-36,33-52(43,47-37-24-12-4-13-25-37)48-38-26-14-5-15-27-38)34-53(44,49-39-28-16-6-17-29-39)50-40-30-18-7-19-31-40/h2-31H,32-34H2,1H3. The van der Waals surface area contributed by atoms with Crippen molar-refractivity contribution < 1.29 is 40.8 Å². The molecule has 6 rings (SSSR count). The van der Waals surface area contributed by atoms with Crippen molar-refractivity contribution in [1.82, 2.24) is 0 Å². The molecule has 0 radical (unpaired) electrons. The molecule has 0 saturated carbocycles. The number of hydrogen-bond acceptors (Lipinski definition) is 9. The maximum absolute atomic E-state index is 15.2. The molecule has 0 amide bonds. The van der Waals surface area contributed by atoms with Crippen LogP contribution < -0.4 is 27.1 Å². The fourth-order valence-corrected chi connectivity index (χ4v) is 12.8. The quantitative estimate of drug-likeness (QED) is 0.0790. The molecule has 0 atom stereocenters. The summed E-state index contributed by atoms with van der Waals surface area (Å²) in [5, 5.41) is 0. The zero-order chi connectivity index (χ0) is 37.0. The van der Waals surface area contributed by atoms with Crippen molar-refractivity contribution in [3.8, 4) is 34.5 Å². The van der Waals surface area contributed by atoms with Gasteiger partial charge in [0.05, 0.1) is 18.5 Å². The number of hydrogen-bond donors (Lipinski definition) is 0. The maximum atomic E-state index is 15.2. The van der Waals surface area contributed by atoms with Crippen LogP contribution in [-0.2, 0) is 13.7 Å². The van der Waals surface area contributed by atoms with Crippen LogP contribution in [0.3, 0.4) is 0 Å². The summed E-state index contributed by atoms with van der Waals surface area (Å²) >= 11 is 0. The van der Waals surface area contributed by atoms with Gasteiger partial charge < -0.3 is 27.1 Å². The molecule has 6 aromatic carbocycles. The van der Waals surface area contributed by atoms with Crippen molar-refractivity contribution in [2.45, 2.75) is 6.92 Å². The average molecular weight is 769 g/mol. The molecule has 0 fully saturated rings. The monoisotopic (exact) mass is 768 g/mol. The Hall–Kier alpha value is -5.19. The van der Waals surface area contributed by atoms with Crippen molar-refractivity contribution >= 4 is 22.8 Å². The zero-order valence-electron chi connectivity index (χ0n) is 29.0. The van der Waals surface area contributed by atoms with E-state index in [4.69, 9.17) is 27.1 Å². The lowest BCUT2D eigenvalue weighted by atomic mass is 9.99. The van der Waals surface area contributed by atoms with Crippen LogP contribution in [0.15, 0.2) is 182 Å². The summed E-state index contributed by atoms with van der Waals surface area (Å²) in [6.07, 6.45) is -1.24. The minimum atomic E-state index is -4.25. The Bertz CT molecular complexity index is 1770. The molecular formula is C41H39O9P3. The van der Waals surface area contributed by atoms with Crippen molar-refractivity contribution in [2.24, 2.45) is 5.41 Å².